The van der Waals surface area contributed by atoms with E-state index in [4.69, 9.17) is 5.26 Å². The van der Waals surface area contributed by atoms with Gasteiger partial charge in [-0.2, -0.15) is 5.26 Å². The first kappa shape index (κ1) is 20.7. The third-order valence-electron chi connectivity index (χ3n) is 4.21. The van der Waals surface area contributed by atoms with Crippen molar-refractivity contribution in [2.45, 2.75) is 33.2 Å². The van der Waals surface area contributed by atoms with Gasteiger partial charge in [-0.3, -0.25) is 4.99 Å². The molecule has 1 atom stereocenters. The minimum absolute atomic E-state index is 0. The molecule has 1 aliphatic heterocycles. The molecule has 1 aromatic rings. The molecule has 0 aliphatic carbocycles. The lowest BCUT2D eigenvalue weighted by molar-refractivity contribution is 0.403. The maximum Gasteiger partial charge on any atom is 0.193 e. The zero-order chi connectivity index (χ0) is 16.8. The molecule has 0 aromatic heterocycles. The van der Waals surface area contributed by atoms with Gasteiger partial charge in [-0.25, -0.2) is 4.39 Å². The molecular formula is C18H26FIN4. The average Bonchev–Trinajstić information content (AvgIpc) is 2.97. The Hall–Kier alpha value is -1.36. The number of guanidine groups is 1. The minimum Gasteiger partial charge on any atom is -0.352 e. The van der Waals surface area contributed by atoms with Gasteiger partial charge in [0.05, 0.1) is 11.6 Å². The van der Waals surface area contributed by atoms with Crippen LogP contribution < -0.4 is 5.32 Å². The van der Waals surface area contributed by atoms with E-state index >= 15 is 0 Å². The monoisotopic (exact) mass is 444 g/mol. The molecule has 4 nitrogen and oxygen atoms in total. The van der Waals surface area contributed by atoms with Gasteiger partial charge in [-0.1, -0.05) is 13.8 Å². The van der Waals surface area contributed by atoms with Crippen LogP contribution in [0.25, 0.3) is 0 Å². The lowest BCUT2D eigenvalue weighted by atomic mass is 9.97. The van der Waals surface area contributed by atoms with Gasteiger partial charge in [0.15, 0.2) is 5.96 Å². The van der Waals surface area contributed by atoms with E-state index in [-0.39, 0.29) is 29.8 Å². The summed E-state index contributed by atoms with van der Waals surface area (Å²) in [5.41, 5.74) is 0.958. The second kappa shape index (κ2) is 9.82. The standard InChI is InChI=1S/C18H25FN4.HI/c1-13(2)8-15-6-7-23(12-15)18(21-3)22-11-16-9-14(10-20)4-5-17(16)19;/h4-5,9,13,15H,6-8,11-12H2,1-3H3,(H,21,22);1H. The summed E-state index contributed by atoms with van der Waals surface area (Å²) in [5, 5.41) is 12.1. The van der Waals surface area contributed by atoms with E-state index in [2.05, 4.69) is 29.1 Å². The van der Waals surface area contributed by atoms with E-state index in [0.29, 0.717) is 29.5 Å². The summed E-state index contributed by atoms with van der Waals surface area (Å²) in [7, 11) is 1.75. The molecule has 0 radical (unpaired) electrons. The molecule has 0 bridgehead atoms. The first-order chi connectivity index (χ1) is 11.0. The highest BCUT2D eigenvalue weighted by atomic mass is 127. The Bertz CT molecular complexity index is 610. The Morgan fingerprint density at radius 1 is 1.50 bits per heavy atom. The predicted molar refractivity (Wildman–Crippen MR) is 106 cm³/mol. The summed E-state index contributed by atoms with van der Waals surface area (Å²) in [5.74, 6) is 1.91. The molecule has 1 N–H and O–H groups in total. The summed E-state index contributed by atoms with van der Waals surface area (Å²) in [6.07, 6.45) is 2.41. The maximum absolute atomic E-state index is 13.8. The van der Waals surface area contributed by atoms with Crippen molar-refractivity contribution in [2.24, 2.45) is 16.8 Å². The molecule has 0 amide bonds. The van der Waals surface area contributed by atoms with Crippen LogP contribution in [-0.4, -0.2) is 31.0 Å². The fourth-order valence-corrected chi connectivity index (χ4v) is 3.17. The van der Waals surface area contributed by atoms with Crippen molar-refractivity contribution in [3.8, 4) is 6.07 Å². The van der Waals surface area contributed by atoms with Crippen LogP contribution in [0.3, 0.4) is 0 Å². The minimum atomic E-state index is -0.300. The number of hydrogen-bond acceptors (Lipinski definition) is 2. The van der Waals surface area contributed by atoms with E-state index < -0.39 is 0 Å². The lowest BCUT2D eigenvalue weighted by Gasteiger charge is -2.22. The van der Waals surface area contributed by atoms with Gasteiger partial charge in [0.1, 0.15) is 5.82 Å². The molecule has 24 heavy (non-hydrogen) atoms. The Balaban J connectivity index is 0.00000288. The number of benzene rings is 1. The van der Waals surface area contributed by atoms with Crippen LogP contribution in [0.1, 0.15) is 37.8 Å². The third-order valence-corrected chi connectivity index (χ3v) is 4.21. The molecule has 0 spiro atoms. The molecule has 1 aromatic carbocycles. The van der Waals surface area contributed by atoms with Crippen molar-refractivity contribution in [3.05, 3.63) is 35.1 Å². The SMILES string of the molecule is CN=C(NCc1cc(C#N)ccc1F)N1CCC(CC(C)C)C1.I. The van der Waals surface area contributed by atoms with Crippen molar-refractivity contribution in [1.82, 2.24) is 10.2 Å². The number of aliphatic imine (C=N–C) groups is 1. The second-order valence-electron chi connectivity index (χ2n) is 6.55. The van der Waals surface area contributed by atoms with E-state index in [1.807, 2.05) is 6.07 Å². The molecule has 6 heteroatoms. The van der Waals surface area contributed by atoms with Crippen LogP contribution in [0.5, 0.6) is 0 Å². The molecule has 132 valence electrons. The van der Waals surface area contributed by atoms with Gasteiger partial charge in [-0.05, 0) is 42.9 Å². The molecule has 1 aliphatic rings. The van der Waals surface area contributed by atoms with Crippen molar-refractivity contribution in [1.29, 1.82) is 5.26 Å². The topological polar surface area (TPSA) is 51.4 Å². The number of hydrogen-bond donors (Lipinski definition) is 1. The van der Waals surface area contributed by atoms with Crippen LogP contribution in [0.15, 0.2) is 23.2 Å². The van der Waals surface area contributed by atoms with Crippen LogP contribution in [0.4, 0.5) is 4.39 Å². The van der Waals surface area contributed by atoms with E-state index in [0.717, 1.165) is 19.0 Å². The molecule has 1 heterocycles. The van der Waals surface area contributed by atoms with Crippen molar-refractivity contribution in [3.63, 3.8) is 0 Å². The highest BCUT2D eigenvalue weighted by molar-refractivity contribution is 14.0. The third kappa shape index (κ3) is 5.62. The van der Waals surface area contributed by atoms with Crippen molar-refractivity contribution < 1.29 is 4.39 Å². The zero-order valence-electron chi connectivity index (χ0n) is 14.6. The Morgan fingerprint density at radius 3 is 2.88 bits per heavy atom. The zero-order valence-corrected chi connectivity index (χ0v) is 16.9. The molecule has 1 unspecified atom stereocenters. The first-order valence-electron chi connectivity index (χ1n) is 8.17. The van der Waals surface area contributed by atoms with Crippen LogP contribution >= 0.6 is 24.0 Å². The second-order valence-corrected chi connectivity index (χ2v) is 6.55. The van der Waals surface area contributed by atoms with Crippen LogP contribution in [-0.2, 0) is 6.54 Å². The average molecular weight is 444 g/mol. The molecular weight excluding hydrogens is 418 g/mol. The summed E-state index contributed by atoms with van der Waals surface area (Å²) in [6.45, 7) is 6.82. The number of likely N-dealkylation sites (tertiary alicyclic amines) is 1. The quantitative estimate of drug-likeness (QED) is 0.437. The fourth-order valence-electron chi connectivity index (χ4n) is 3.17. The van der Waals surface area contributed by atoms with Crippen LogP contribution in [0, 0.1) is 29.0 Å². The normalized spacial score (nSPS) is 17.6. The largest absolute Gasteiger partial charge is 0.352 e. The predicted octanol–water partition coefficient (Wildman–Crippen LogP) is 3.76. The van der Waals surface area contributed by atoms with Gasteiger partial charge < -0.3 is 10.2 Å². The maximum atomic E-state index is 13.8. The Kier molecular flexibility index (Phi) is 8.46. The molecule has 2 rings (SSSR count). The highest BCUT2D eigenvalue weighted by Gasteiger charge is 2.25. The first-order valence-corrected chi connectivity index (χ1v) is 8.17. The summed E-state index contributed by atoms with van der Waals surface area (Å²) >= 11 is 0. The Morgan fingerprint density at radius 2 is 2.25 bits per heavy atom. The number of halogens is 2. The van der Waals surface area contributed by atoms with Crippen LogP contribution in [0.2, 0.25) is 0 Å². The van der Waals surface area contributed by atoms with E-state index in [9.17, 15) is 4.39 Å². The smallest absolute Gasteiger partial charge is 0.193 e. The highest BCUT2D eigenvalue weighted by Crippen LogP contribution is 2.23. The van der Waals surface area contributed by atoms with Crippen molar-refractivity contribution in [2.75, 3.05) is 20.1 Å². The molecule has 1 fully saturated rings. The van der Waals surface area contributed by atoms with Crippen molar-refractivity contribution >= 4 is 29.9 Å². The van der Waals surface area contributed by atoms with Gasteiger partial charge in [0.2, 0.25) is 0 Å². The number of nitrogens with one attached hydrogen (secondary N) is 1. The molecule has 0 saturated carbocycles. The summed E-state index contributed by atoms with van der Waals surface area (Å²) < 4.78 is 13.8. The fraction of sp³-hybridized carbons (Fsp3) is 0.556. The van der Waals surface area contributed by atoms with Gasteiger partial charge >= 0.3 is 0 Å². The lowest BCUT2D eigenvalue weighted by Crippen LogP contribution is -2.39. The van der Waals surface area contributed by atoms with E-state index in [1.54, 1.807) is 13.1 Å². The number of rotatable bonds is 4. The van der Waals surface area contributed by atoms with Gasteiger partial charge in [0, 0.05) is 32.2 Å². The Labute approximate surface area is 161 Å². The summed E-state index contributed by atoms with van der Waals surface area (Å²) in [4.78, 5) is 6.55. The summed E-state index contributed by atoms with van der Waals surface area (Å²) in [6, 6.07) is 6.46. The van der Waals surface area contributed by atoms with Gasteiger partial charge in [0.25, 0.3) is 0 Å². The van der Waals surface area contributed by atoms with Gasteiger partial charge in [-0.15, -0.1) is 24.0 Å². The molecule has 1 saturated heterocycles. The van der Waals surface area contributed by atoms with E-state index in [1.165, 1.54) is 25.0 Å². The number of nitriles is 1. The number of nitrogens with zero attached hydrogens (tertiary/aromatic N) is 3.